The minimum Gasteiger partial charge on any atom is -0.476 e. The molecular weight excluding hydrogens is 214 g/mol. The van der Waals surface area contributed by atoms with E-state index in [-0.39, 0.29) is 10.8 Å². The molecule has 0 aromatic carbocycles. The Bertz CT molecular complexity index is 495. The molecule has 0 radical (unpaired) electrons. The number of hydrogen-bond acceptors (Lipinski definition) is 5. The number of carboxylic acids is 1. The maximum Gasteiger partial charge on any atom is 0.356 e. The van der Waals surface area contributed by atoms with Crippen LogP contribution in [0.15, 0.2) is 24.5 Å². The molecular formula is C9H7N3O2S. The van der Waals surface area contributed by atoms with E-state index >= 15 is 0 Å². The summed E-state index contributed by atoms with van der Waals surface area (Å²) in [4.78, 5) is 19.1. The summed E-state index contributed by atoms with van der Waals surface area (Å²) in [6.07, 6.45) is 3.19. The predicted octanol–water partition coefficient (Wildman–Crippen LogP) is 1.49. The molecule has 0 spiro atoms. The molecule has 2 aromatic heterocycles. The van der Waals surface area contributed by atoms with Gasteiger partial charge in [-0.05, 0) is 17.7 Å². The fraction of sp³-hybridized carbons (Fsp3) is 0. The summed E-state index contributed by atoms with van der Waals surface area (Å²) >= 11 is 1.15. The van der Waals surface area contributed by atoms with Crippen LogP contribution in [-0.2, 0) is 0 Å². The van der Waals surface area contributed by atoms with Gasteiger partial charge in [0, 0.05) is 12.4 Å². The number of anilines is 1. The third kappa shape index (κ3) is 1.79. The van der Waals surface area contributed by atoms with E-state index in [1.807, 2.05) is 0 Å². The Hall–Kier alpha value is -1.95. The second kappa shape index (κ2) is 3.66. The maximum atomic E-state index is 10.9. The van der Waals surface area contributed by atoms with Gasteiger partial charge in [0.1, 0.15) is 0 Å². The molecule has 0 fully saturated rings. The Balaban J connectivity index is 2.58. The molecule has 3 N–H and O–H groups in total. The van der Waals surface area contributed by atoms with E-state index in [4.69, 9.17) is 10.8 Å². The number of aromatic carboxylic acids is 1. The molecule has 0 unspecified atom stereocenters. The average Bonchev–Trinajstić information content (AvgIpc) is 2.62. The van der Waals surface area contributed by atoms with Gasteiger partial charge in [-0.2, -0.15) is 0 Å². The number of carbonyl (C=O) groups is 1. The SMILES string of the molecule is Nc1nc(C(=O)O)c(-c2ccncc2)s1. The summed E-state index contributed by atoms with van der Waals surface area (Å²) < 4.78 is 0. The molecule has 0 atom stereocenters. The van der Waals surface area contributed by atoms with E-state index in [2.05, 4.69) is 9.97 Å². The lowest BCUT2D eigenvalue weighted by Crippen LogP contribution is -1.99. The molecule has 0 aliphatic carbocycles. The smallest absolute Gasteiger partial charge is 0.356 e. The second-order valence-corrected chi connectivity index (χ2v) is 3.80. The molecule has 0 aliphatic heterocycles. The van der Waals surface area contributed by atoms with Crippen molar-refractivity contribution in [3.8, 4) is 10.4 Å². The van der Waals surface area contributed by atoms with Gasteiger partial charge in [0.25, 0.3) is 0 Å². The number of nitrogen functional groups attached to an aromatic ring is 1. The Morgan fingerprint density at radius 2 is 2.07 bits per heavy atom. The summed E-state index contributed by atoms with van der Waals surface area (Å²) in [5.74, 6) is -1.07. The summed E-state index contributed by atoms with van der Waals surface area (Å²) in [7, 11) is 0. The molecule has 6 heteroatoms. The van der Waals surface area contributed by atoms with Crippen LogP contribution in [0.4, 0.5) is 5.13 Å². The number of nitrogens with zero attached hydrogens (tertiary/aromatic N) is 2. The van der Waals surface area contributed by atoms with E-state index in [1.165, 1.54) is 0 Å². The van der Waals surface area contributed by atoms with E-state index in [1.54, 1.807) is 24.5 Å². The first-order valence-corrected chi connectivity index (χ1v) is 4.90. The van der Waals surface area contributed by atoms with Crippen molar-refractivity contribution in [2.75, 3.05) is 5.73 Å². The van der Waals surface area contributed by atoms with E-state index in [0.717, 1.165) is 16.9 Å². The zero-order chi connectivity index (χ0) is 10.8. The molecule has 0 saturated heterocycles. The van der Waals surface area contributed by atoms with Crippen molar-refractivity contribution in [3.63, 3.8) is 0 Å². The Labute approximate surface area is 89.2 Å². The summed E-state index contributed by atoms with van der Waals surface area (Å²) in [6.45, 7) is 0. The lowest BCUT2D eigenvalue weighted by molar-refractivity contribution is 0.0692. The van der Waals surface area contributed by atoms with Gasteiger partial charge >= 0.3 is 5.97 Å². The molecule has 0 aliphatic rings. The van der Waals surface area contributed by atoms with Crippen LogP contribution in [0.1, 0.15) is 10.5 Å². The minimum absolute atomic E-state index is 0.0105. The van der Waals surface area contributed by atoms with Gasteiger partial charge in [-0.15, -0.1) is 0 Å². The fourth-order valence-corrected chi connectivity index (χ4v) is 2.01. The monoisotopic (exact) mass is 221 g/mol. The van der Waals surface area contributed by atoms with Crippen molar-refractivity contribution in [2.24, 2.45) is 0 Å². The highest BCUT2D eigenvalue weighted by atomic mass is 32.1. The van der Waals surface area contributed by atoms with Gasteiger partial charge in [-0.1, -0.05) is 11.3 Å². The number of aromatic nitrogens is 2. The lowest BCUT2D eigenvalue weighted by Gasteiger charge is -1.96. The van der Waals surface area contributed by atoms with Gasteiger partial charge in [-0.3, -0.25) is 4.98 Å². The molecule has 76 valence electrons. The first-order chi connectivity index (χ1) is 7.18. The first-order valence-electron chi connectivity index (χ1n) is 4.08. The second-order valence-electron chi connectivity index (χ2n) is 2.77. The van der Waals surface area contributed by atoms with Crippen LogP contribution in [0, 0.1) is 0 Å². The molecule has 0 bridgehead atoms. The zero-order valence-electron chi connectivity index (χ0n) is 7.54. The summed E-state index contributed by atoms with van der Waals surface area (Å²) in [5.41, 5.74) is 6.23. The van der Waals surface area contributed by atoms with Crippen molar-refractivity contribution in [1.82, 2.24) is 9.97 Å². The fourth-order valence-electron chi connectivity index (χ4n) is 1.18. The molecule has 0 saturated carbocycles. The van der Waals surface area contributed by atoms with E-state index in [0.29, 0.717) is 4.88 Å². The standard InChI is InChI=1S/C9H7N3O2S/c10-9-12-6(8(13)14)7(15-9)5-1-3-11-4-2-5/h1-4H,(H2,10,12)(H,13,14). The molecule has 2 aromatic rings. The quantitative estimate of drug-likeness (QED) is 0.801. The molecule has 15 heavy (non-hydrogen) atoms. The highest BCUT2D eigenvalue weighted by molar-refractivity contribution is 7.19. The zero-order valence-corrected chi connectivity index (χ0v) is 8.36. The Kier molecular flexibility index (Phi) is 2.34. The first kappa shape index (κ1) is 9.60. The third-order valence-electron chi connectivity index (χ3n) is 1.79. The van der Waals surface area contributed by atoms with Gasteiger partial charge in [0.05, 0.1) is 4.88 Å². The van der Waals surface area contributed by atoms with Gasteiger partial charge in [-0.25, -0.2) is 9.78 Å². The Morgan fingerprint density at radius 1 is 1.40 bits per heavy atom. The highest BCUT2D eigenvalue weighted by Gasteiger charge is 2.17. The number of nitrogens with two attached hydrogens (primary N) is 1. The molecule has 2 rings (SSSR count). The van der Waals surface area contributed by atoms with Crippen LogP contribution in [0.2, 0.25) is 0 Å². The average molecular weight is 221 g/mol. The highest BCUT2D eigenvalue weighted by Crippen LogP contribution is 2.31. The number of rotatable bonds is 2. The van der Waals surface area contributed by atoms with Gasteiger partial charge in [0.2, 0.25) is 0 Å². The van der Waals surface area contributed by atoms with Crippen molar-refractivity contribution >= 4 is 22.4 Å². The number of pyridine rings is 1. The largest absolute Gasteiger partial charge is 0.476 e. The lowest BCUT2D eigenvalue weighted by atomic mass is 10.2. The van der Waals surface area contributed by atoms with Crippen LogP contribution in [0.5, 0.6) is 0 Å². The Morgan fingerprint density at radius 3 is 2.67 bits per heavy atom. The van der Waals surface area contributed by atoms with Crippen molar-refractivity contribution in [1.29, 1.82) is 0 Å². The molecule has 0 amide bonds. The van der Waals surface area contributed by atoms with Crippen LogP contribution >= 0.6 is 11.3 Å². The normalized spacial score (nSPS) is 10.1. The van der Waals surface area contributed by atoms with E-state index in [9.17, 15) is 4.79 Å². The summed E-state index contributed by atoms with van der Waals surface area (Å²) in [5, 5.41) is 9.16. The van der Waals surface area contributed by atoms with Crippen molar-refractivity contribution in [2.45, 2.75) is 0 Å². The minimum atomic E-state index is -1.07. The number of carboxylic acid groups (broad SMARTS) is 1. The maximum absolute atomic E-state index is 10.9. The van der Waals surface area contributed by atoms with Crippen LogP contribution in [-0.4, -0.2) is 21.0 Å². The number of thiazole rings is 1. The third-order valence-corrected chi connectivity index (χ3v) is 2.72. The topological polar surface area (TPSA) is 89.1 Å². The van der Waals surface area contributed by atoms with Crippen LogP contribution < -0.4 is 5.73 Å². The van der Waals surface area contributed by atoms with Crippen molar-refractivity contribution < 1.29 is 9.90 Å². The van der Waals surface area contributed by atoms with Crippen LogP contribution in [0.25, 0.3) is 10.4 Å². The van der Waals surface area contributed by atoms with Crippen LogP contribution in [0.3, 0.4) is 0 Å². The number of hydrogen-bond donors (Lipinski definition) is 2. The summed E-state index contributed by atoms with van der Waals surface area (Å²) in [6, 6.07) is 3.44. The molecule has 2 heterocycles. The molecule has 5 nitrogen and oxygen atoms in total. The predicted molar refractivity (Wildman–Crippen MR) is 56.7 cm³/mol. The van der Waals surface area contributed by atoms with Gasteiger partial charge < -0.3 is 10.8 Å². The van der Waals surface area contributed by atoms with E-state index < -0.39 is 5.97 Å². The van der Waals surface area contributed by atoms with Crippen molar-refractivity contribution in [3.05, 3.63) is 30.2 Å². The van der Waals surface area contributed by atoms with Gasteiger partial charge in [0.15, 0.2) is 10.8 Å².